The second-order valence-electron chi connectivity index (χ2n) is 5.38. The van der Waals surface area contributed by atoms with Crippen LogP contribution in [0.2, 0.25) is 0 Å². The second kappa shape index (κ2) is 8.36. The Hall–Kier alpha value is -2.98. The van der Waals surface area contributed by atoms with Gasteiger partial charge < -0.3 is 14.8 Å². The summed E-state index contributed by atoms with van der Waals surface area (Å²) >= 11 is 0. The van der Waals surface area contributed by atoms with Crippen molar-refractivity contribution >= 4 is 11.6 Å². The molecule has 0 aliphatic rings. The quantitative estimate of drug-likeness (QED) is 0.695. The monoisotopic (exact) mass is 411 g/mol. The molecule has 0 saturated carbocycles. The van der Waals surface area contributed by atoms with E-state index in [1.165, 1.54) is 24.3 Å². The van der Waals surface area contributed by atoms with Gasteiger partial charge in [-0.05, 0) is 30.3 Å². The van der Waals surface area contributed by atoms with E-state index in [1.54, 1.807) is 0 Å². The van der Waals surface area contributed by atoms with Crippen LogP contribution in [0.1, 0.15) is 5.56 Å². The van der Waals surface area contributed by atoms with E-state index >= 15 is 0 Å². The van der Waals surface area contributed by atoms with Crippen LogP contribution in [0, 0.1) is 5.82 Å². The lowest BCUT2D eigenvalue weighted by molar-refractivity contribution is -0.153. The summed E-state index contributed by atoms with van der Waals surface area (Å²) < 4.78 is 97.9. The fraction of sp³-hybridized carbons (Fsp3) is 0.235. The lowest BCUT2D eigenvalue weighted by atomic mass is 10.2. The molecule has 0 radical (unpaired) electrons. The SMILES string of the molecule is O=C(COc1ccccc1OCC(F)(F)F)Nc1cc(C(F)(F)F)ccc1F. The highest BCUT2D eigenvalue weighted by Gasteiger charge is 2.31. The predicted octanol–water partition coefficient (Wildman–Crippen LogP) is 4.80. The minimum Gasteiger partial charge on any atom is -0.480 e. The van der Waals surface area contributed by atoms with Gasteiger partial charge in [-0.15, -0.1) is 0 Å². The van der Waals surface area contributed by atoms with Gasteiger partial charge in [0.2, 0.25) is 0 Å². The highest BCUT2D eigenvalue weighted by molar-refractivity contribution is 5.92. The van der Waals surface area contributed by atoms with Crippen LogP contribution in [-0.2, 0) is 11.0 Å². The number of benzene rings is 2. The molecule has 0 spiro atoms. The van der Waals surface area contributed by atoms with Gasteiger partial charge in [-0.2, -0.15) is 26.3 Å². The molecule has 0 aliphatic carbocycles. The molecule has 152 valence electrons. The van der Waals surface area contributed by atoms with E-state index in [0.29, 0.717) is 18.2 Å². The summed E-state index contributed by atoms with van der Waals surface area (Å²) in [5.74, 6) is -2.62. The van der Waals surface area contributed by atoms with Crippen LogP contribution >= 0.6 is 0 Å². The predicted molar refractivity (Wildman–Crippen MR) is 83.5 cm³/mol. The molecule has 1 amide bonds. The summed E-state index contributed by atoms with van der Waals surface area (Å²) in [6.45, 7) is -2.39. The van der Waals surface area contributed by atoms with E-state index in [2.05, 4.69) is 4.74 Å². The van der Waals surface area contributed by atoms with Crippen molar-refractivity contribution in [1.29, 1.82) is 0 Å². The van der Waals surface area contributed by atoms with Gasteiger partial charge in [-0.3, -0.25) is 4.79 Å². The van der Waals surface area contributed by atoms with Crippen molar-refractivity contribution in [3.63, 3.8) is 0 Å². The van der Waals surface area contributed by atoms with Crippen LogP contribution in [0.25, 0.3) is 0 Å². The van der Waals surface area contributed by atoms with Crippen LogP contribution in [0.5, 0.6) is 11.5 Å². The topological polar surface area (TPSA) is 47.6 Å². The number of alkyl halides is 6. The minimum atomic E-state index is -4.74. The van der Waals surface area contributed by atoms with Crippen LogP contribution in [0.15, 0.2) is 42.5 Å². The number of para-hydroxylation sites is 2. The largest absolute Gasteiger partial charge is 0.480 e. The summed E-state index contributed by atoms with van der Waals surface area (Å²) in [7, 11) is 0. The summed E-state index contributed by atoms with van der Waals surface area (Å²) in [5.41, 5.74) is -1.89. The molecule has 2 aromatic carbocycles. The van der Waals surface area contributed by atoms with Gasteiger partial charge in [0.15, 0.2) is 24.7 Å². The van der Waals surface area contributed by atoms with Crippen molar-refractivity contribution in [3.05, 3.63) is 53.8 Å². The smallest absolute Gasteiger partial charge is 0.422 e. The van der Waals surface area contributed by atoms with Crippen molar-refractivity contribution in [2.45, 2.75) is 12.4 Å². The Morgan fingerprint density at radius 3 is 2.11 bits per heavy atom. The molecule has 11 heteroatoms. The molecular weight excluding hydrogens is 399 g/mol. The first kappa shape index (κ1) is 21.3. The van der Waals surface area contributed by atoms with E-state index in [-0.39, 0.29) is 11.5 Å². The number of halogens is 7. The normalized spacial score (nSPS) is 11.8. The van der Waals surface area contributed by atoms with Crippen LogP contribution in [-0.4, -0.2) is 25.3 Å². The maximum atomic E-state index is 13.6. The van der Waals surface area contributed by atoms with E-state index in [4.69, 9.17) is 4.74 Å². The zero-order valence-electron chi connectivity index (χ0n) is 13.8. The van der Waals surface area contributed by atoms with Crippen molar-refractivity contribution in [3.8, 4) is 11.5 Å². The number of rotatable bonds is 6. The molecule has 0 fully saturated rings. The molecular formula is C17H12F7NO3. The molecule has 0 aromatic heterocycles. The zero-order valence-corrected chi connectivity index (χ0v) is 13.8. The van der Waals surface area contributed by atoms with Gasteiger partial charge in [0, 0.05) is 0 Å². The highest BCUT2D eigenvalue weighted by Crippen LogP contribution is 2.32. The van der Waals surface area contributed by atoms with E-state index < -0.39 is 48.5 Å². The summed E-state index contributed by atoms with van der Waals surface area (Å²) in [4.78, 5) is 11.8. The Morgan fingerprint density at radius 2 is 1.54 bits per heavy atom. The third-order valence-corrected chi connectivity index (χ3v) is 3.17. The summed E-state index contributed by atoms with van der Waals surface area (Å²) in [6.07, 6.45) is -9.33. The lowest BCUT2D eigenvalue weighted by Gasteiger charge is -2.14. The van der Waals surface area contributed by atoms with Crippen molar-refractivity contribution in [1.82, 2.24) is 0 Å². The molecule has 0 saturated heterocycles. The Bertz CT molecular complexity index is 834. The lowest BCUT2D eigenvalue weighted by Crippen LogP contribution is -2.22. The van der Waals surface area contributed by atoms with Crippen molar-refractivity contribution in [2.75, 3.05) is 18.5 Å². The molecule has 2 aromatic rings. The molecule has 4 nitrogen and oxygen atoms in total. The number of hydrogen-bond acceptors (Lipinski definition) is 3. The van der Waals surface area contributed by atoms with Gasteiger partial charge in [0.25, 0.3) is 5.91 Å². The average molecular weight is 411 g/mol. The first-order valence-electron chi connectivity index (χ1n) is 7.54. The Kier molecular flexibility index (Phi) is 6.37. The molecule has 0 unspecified atom stereocenters. The Balaban J connectivity index is 2.02. The van der Waals surface area contributed by atoms with Gasteiger partial charge in [0.05, 0.1) is 11.3 Å². The third-order valence-electron chi connectivity index (χ3n) is 3.17. The number of hydrogen-bond donors (Lipinski definition) is 1. The van der Waals surface area contributed by atoms with Crippen LogP contribution in [0.3, 0.4) is 0 Å². The second-order valence-corrected chi connectivity index (χ2v) is 5.38. The summed E-state index contributed by atoms with van der Waals surface area (Å²) in [5, 5.41) is 1.91. The maximum Gasteiger partial charge on any atom is 0.422 e. The van der Waals surface area contributed by atoms with E-state index in [9.17, 15) is 35.5 Å². The molecule has 0 aliphatic heterocycles. The fourth-order valence-corrected chi connectivity index (χ4v) is 1.98. The minimum absolute atomic E-state index is 0.202. The number of ether oxygens (including phenoxy) is 2. The van der Waals surface area contributed by atoms with Gasteiger partial charge in [-0.1, -0.05) is 12.1 Å². The van der Waals surface area contributed by atoms with Gasteiger partial charge >= 0.3 is 12.4 Å². The first-order chi connectivity index (χ1) is 13.0. The van der Waals surface area contributed by atoms with Gasteiger partial charge in [0.1, 0.15) is 5.82 Å². The average Bonchev–Trinajstić information content (AvgIpc) is 2.59. The Morgan fingerprint density at radius 1 is 0.929 bits per heavy atom. The van der Waals surface area contributed by atoms with E-state index in [1.807, 2.05) is 5.32 Å². The number of carbonyl (C=O) groups excluding carboxylic acids is 1. The van der Waals surface area contributed by atoms with Crippen molar-refractivity contribution < 1.29 is 45.0 Å². The molecule has 2 rings (SSSR count). The number of carbonyl (C=O) groups is 1. The van der Waals surface area contributed by atoms with E-state index in [0.717, 1.165) is 0 Å². The molecule has 28 heavy (non-hydrogen) atoms. The maximum absolute atomic E-state index is 13.6. The molecule has 0 bridgehead atoms. The summed E-state index contributed by atoms with van der Waals surface area (Å²) in [6, 6.07) is 6.63. The number of amides is 1. The van der Waals surface area contributed by atoms with Crippen molar-refractivity contribution in [2.24, 2.45) is 0 Å². The number of anilines is 1. The Labute approximate surface area is 153 Å². The first-order valence-corrected chi connectivity index (χ1v) is 7.54. The number of nitrogens with one attached hydrogen (secondary N) is 1. The van der Waals surface area contributed by atoms with Gasteiger partial charge in [-0.25, -0.2) is 4.39 Å². The molecule has 0 atom stereocenters. The van der Waals surface area contributed by atoms with Crippen LogP contribution < -0.4 is 14.8 Å². The third kappa shape index (κ3) is 6.32. The van der Waals surface area contributed by atoms with Crippen LogP contribution in [0.4, 0.5) is 36.4 Å². The standard InChI is InChI=1S/C17H12F7NO3/c18-11-6-5-10(17(22,23)24)7-12(11)25-15(26)8-27-13-3-1-2-4-14(13)28-9-16(19,20)21/h1-7H,8-9H2,(H,25,26). The fourth-order valence-electron chi connectivity index (χ4n) is 1.98. The molecule has 1 N–H and O–H groups in total. The molecule has 0 heterocycles. The highest BCUT2D eigenvalue weighted by atomic mass is 19.4. The zero-order chi connectivity index (χ0) is 20.9.